The fourth-order valence-corrected chi connectivity index (χ4v) is 3.83. The molecule has 1 aliphatic heterocycles. The molecule has 0 saturated carbocycles. The number of nitrogens with zero attached hydrogens (tertiary/aromatic N) is 4. The molecule has 0 amide bonds. The number of aryl methyl sites for hydroxylation is 1. The smallest absolute Gasteiger partial charge is 0.337 e. The standard InChI is InChI=1S/C21H22N4O2/c1-15-11-17(8-9-22-15)19-7-4-10-24(19)13-16-12-23-25(14-16)20-6-3-2-5-18(20)21(26)27/h2-3,5-6,8-9,11-12,14,19H,4,7,10,13H2,1H3,(H,26,27). The zero-order chi connectivity index (χ0) is 18.8. The summed E-state index contributed by atoms with van der Waals surface area (Å²) in [6.07, 6.45) is 7.93. The quantitative estimate of drug-likeness (QED) is 0.751. The van der Waals surface area contributed by atoms with Gasteiger partial charge in [0, 0.05) is 36.2 Å². The Labute approximate surface area is 158 Å². The van der Waals surface area contributed by atoms with Crippen molar-refractivity contribution in [2.24, 2.45) is 0 Å². The van der Waals surface area contributed by atoms with E-state index in [-0.39, 0.29) is 5.56 Å². The highest BCUT2D eigenvalue weighted by Crippen LogP contribution is 2.33. The molecule has 3 heterocycles. The number of carboxylic acids is 1. The summed E-state index contributed by atoms with van der Waals surface area (Å²) in [5.74, 6) is -0.949. The summed E-state index contributed by atoms with van der Waals surface area (Å²) < 4.78 is 1.65. The second kappa shape index (κ2) is 7.32. The first-order chi connectivity index (χ1) is 13.1. The fraction of sp³-hybridized carbons (Fsp3) is 0.286. The molecule has 1 atom stereocenters. The van der Waals surface area contributed by atoms with Gasteiger partial charge in [-0.25, -0.2) is 9.48 Å². The number of pyridine rings is 1. The molecule has 0 radical (unpaired) electrons. The minimum absolute atomic E-state index is 0.249. The topological polar surface area (TPSA) is 71.2 Å². The number of carboxylic acid groups (broad SMARTS) is 1. The normalized spacial score (nSPS) is 17.3. The van der Waals surface area contributed by atoms with Gasteiger partial charge in [-0.2, -0.15) is 5.10 Å². The molecule has 1 aliphatic rings. The van der Waals surface area contributed by atoms with Gasteiger partial charge in [0.05, 0.1) is 17.4 Å². The lowest BCUT2D eigenvalue weighted by Gasteiger charge is -2.24. The van der Waals surface area contributed by atoms with Gasteiger partial charge in [-0.15, -0.1) is 0 Å². The number of likely N-dealkylation sites (tertiary alicyclic amines) is 1. The summed E-state index contributed by atoms with van der Waals surface area (Å²) in [4.78, 5) is 18.2. The van der Waals surface area contributed by atoms with E-state index in [2.05, 4.69) is 27.1 Å². The van der Waals surface area contributed by atoms with Gasteiger partial charge in [0.2, 0.25) is 0 Å². The predicted molar refractivity (Wildman–Crippen MR) is 102 cm³/mol. The van der Waals surface area contributed by atoms with Crippen LogP contribution in [0.3, 0.4) is 0 Å². The Morgan fingerprint density at radius 1 is 1.30 bits per heavy atom. The van der Waals surface area contributed by atoms with Crippen molar-refractivity contribution in [3.8, 4) is 5.69 Å². The average molecular weight is 362 g/mol. The maximum absolute atomic E-state index is 11.5. The van der Waals surface area contributed by atoms with E-state index >= 15 is 0 Å². The molecule has 0 aliphatic carbocycles. The maximum Gasteiger partial charge on any atom is 0.337 e. The highest BCUT2D eigenvalue weighted by molar-refractivity contribution is 5.91. The van der Waals surface area contributed by atoms with E-state index in [4.69, 9.17) is 0 Å². The zero-order valence-electron chi connectivity index (χ0n) is 15.2. The van der Waals surface area contributed by atoms with Crippen LogP contribution in [0.25, 0.3) is 5.69 Å². The number of hydrogen-bond donors (Lipinski definition) is 1. The molecular formula is C21H22N4O2. The van der Waals surface area contributed by atoms with Crippen molar-refractivity contribution in [3.05, 3.63) is 77.4 Å². The lowest BCUT2D eigenvalue weighted by Crippen LogP contribution is -2.22. The molecular weight excluding hydrogens is 340 g/mol. The molecule has 1 unspecified atom stereocenters. The van der Waals surface area contributed by atoms with Gasteiger partial charge in [0.1, 0.15) is 0 Å². The Balaban J connectivity index is 1.55. The van der Waals surface area contributed by atoms with Crippen LogP contribution in [-0.2, 0) is 6.54 Å². The van der Waals surface area contributed by atoms with Gasteiger partial charge in [-0.1, -0.05) is 12.1 Å². The van der Waals surface area contributed by atoms with Crippen LogP contribution in [0.4, 0.5) is 0 Å². The summed E-state index contributed by atoms with van der Waals surface area (Å²) in [5, 5.41) is 13.8. The Morgan fingerprint density at radius 2 is 2.15 bits per heavy atom. The molecule has 6 nitrogen and oxygen atoms in total. The van der Waals surface area contributed by atoms with Crippen LogP contribution in [0.15, 0.2) is 55.0 Å². The Kier molecular flexibility index (Phi) is 4.73. The van der Waals surface area contributed by atoms with Crippen molar-refractivity contribution in [2.45, 2.75) is 32.4 Å². The SMILES string of the molecule is Cc1cc(C2CCCN2Cc2cnn(-c3ccccc3C(=O)O)c2)ccn1. The Morgan fingerprint density at radius 3 is 2.96 bits per heavy atom. The van der Waals surface area contributed by atoms with Crippen molar-refractivity contribution in [2.75, 3.05) is 6.54 Å². The van der Waals surface area contributed by atoms with Crippen molar-refractivity contribution in [1.29, 1.82) is 0 Å². The third-order valence-electron chi connectivity index (χ3n) is 5.07. The number of rotatable bonds is 5. The molecule has 2 aromatic heterocycles. The molecule has 4 rings (SSSR count). The number of para-hydroxylation sites is 1. The molecule has 27 heavy (non-hydrogen) atoms. The first kappa shape index (κ1) is 17.4. The van der Waals surface area contributed by atoms with E-state index in [9.17, 15) is 9.90 Å². The van der Waals surface area contributed by atoms with Crippen LogP contribution in [0.1, 0.15) is 46.1 Å². The number of benzene rings is 1. The number of aromatic nitrogens is 3. The van der Waals surface area contributed by atoms with E-state index < -0.39 is 5.97 Å². The van der Waals surface area contributed by atoms with Crippen LogP contribution in [0, 0.1) is 6.92 Å². The molecule has 1 aromatic carbocycles. The van der Waals surface area contributed by atoms with E-state index in [0.717, 1.165) is 30.8 Å². The maximum atomic E-state index is 11.5. The third-order valence-corrected chi connectivity index (χ3v) is 5.07. The Bertz CT molecular complexity index is 966. The average Bonchev–Trinajstić information content (AvgIpc) is 3.32. The molecule has 1 fully saturated rings. The van der Waals surface area contributed by atoms with Crippen LogP contribution in [0.5, 0.6) is 0 Å². The molecule has 6 heteroatoms. The van der Waals surface area contributed by atoms with E-state index in [1.165, 1.54) is 12.0 Å². The summed E-state index contributed by atoms with van der Waals surface area (Å²) in [6.45, 7) is 3.86. The van der Waals surface area contributed by atoms with E-state index in [1.807, 2.05) is 31.6 Å². The summed E-state index contributed by atoms with van der Waals surface area (Å²) in [5.41, 5.74) is 4.26. The molecule has 1 saturated heterocycles. The van der Waals surface area contributed by atoms with Crippen LogP contribution >= 0.6 is 0 Å². The highest BCUT2D eigenvalue weighted by atomic mass is 16.4. The predicted octanol–water partition coefficient (Wildman–Crippen LogP) is 3.61. The first-order valence-corrected chi connectivity index (χ1v) is 9.14. The van der Waals surface area contributed by atoms with Gasteiger partial charge < -0.3 is 5.11 Å². The summed E-state index contributed by atoms with van der Waals surface area (Å²) in [7, 11) is 0. The lowest BCUT2D eigenvalue weighted by molar-refractivity contribution is 0.0696. The van der Waals surface area contributed by atoms with Crippen molar-refractivity contribution >= 4 is 5.97 Å². The van der Waals surface area contributed by atoms with Gasteiger partial charge in [0.15, 0.2) is 0 Å². The Hall–Kier alpha value is -2.99. The third kappa shape index (κ3) is 3.61. The molecule has 3 aromatic rings. The molecule has 0 bridgehead atoms. The van der Waals surface area contributed by atoms with Crippen LogP contribution in [0.2, 0.25) is 0 Å². The van der Waals surface area contributed by atoms with E-state index in [1.54, 1.807) is 22.9 Å². The summed E-state index contributed by atoms with van der Waals surface area (Å²) >= 11 is 0. The largest absolute Gasteiger partial charge is 0.478 e. The number of hydrogen-bond acceptors (Lipinski definition) is 4. The lowest BCUT2D eigenvalue weighted by atomic mass is 10.0. The second-order valence-corrected chi connectivity index (χ2v) is 6.97. The first-order valence-electron chi connectivity index (χ1n) is 9.14. The highest BCUT2D eigenvalue weighted by Gasteiger charge is 2.26. The van der Waals surface area contributed by atoms with Gasteiger partial charge in [0.25, 0.3) is 0 Å². The summed E-state index contributed by atoms with van der Waals surface area (Å²) in [6, 6.07) is 11.6. The van der Waals surface area contributed by atoms with Gasteiger partial charge in [-0.05, 0) is 56.1 Å². The number of carbonyl (C=O) groups is 1. The van der Waals surface area contributed by atoms with Crippen molar-refractivity contribution in [1.82, 2.24) is 19.7 Å². The number of aromatic carboxylic acids is 1. The second-order valence-electron chi connectivity index (χ2n) is 6.97. The monoisotopic (exact) mass is 362 g/mol. The van der Waals surface area contributed by atoms with E-state index in [0.29, 0.717) is 11.7 Å². The molecule has 138 valence electrons. The molecule has 0 spiro atoms. The van der Waals surface area contributed by atoms with Crippen molar-refractivity contribution < 1.29 is 9.90 Å². The van der Waals surface area contributed by atoms with Gasteiger partial charge >= 0.3 is 5.97 Å². The fourth-order valence-electron chi connectivity index (χ4n) is 3.83. The van der Waals surface area contributed by atoms with Gasteiger partial charge in [-0.3, -0.25) is 9.88 Å². The van der Waals surface area contributed by atoms with Crippen LogP contribution in [-0.4, -0.2) is 37.3 Å². The zero-order valence-corrected chi connectivity index (χ0v) is 15.2. The molecule has 1 N–H and O–H groups in total. The minimum atomic E-state index is -0.949. The van der Waals surface area contributed by atoms with Crippen molar-refractivity contribution in [3.63, 3.8) is 0 Å². The van der Waals surface area contributed by atoms with Crippen LogP contribution < -0.4 is 0 Å². The minimum Gasteiger partial charge on any atom is -0.478 e.